The first-order valence-electron chi connectivity index (χ1n) is 11.0. The van der Waals surface area contributed by atoms with Crippen LogP contribution in [0.15, 0.2) is 77.8 Å². The van der Waals surface area contributed by atoms with E-state index in [1.54, 1.807) is 0 Å². The minimum Gasteiger partial charge on any atom is -0.336 e. The third-order valence-corrected chi connectivity index (χ3v) is 6.32. The normalized spacial score (nSPS) is 17.4. The van der Waals surface area contributed by atoms with Gasteiger partial charge in [0.25, 0.3) is 11.4 Å². The zero-order valence-corrected chi connectivity index (χ0v) is 19.8. The van der Waals surface area contributed by atoms with E-state index >= 15 is 0 Å². The summed E-state index contributed by atoms with van der Waals surface area (Å²) in [5.41, 5.74) is -4.63. The van der Waals surface area contributed by atoms with Crippen LogP contribution in [0.4, 0.5) is 35.1 Å². The molecule has 0 fully saturated rings. The van der Waals surface area contributed by atoms with Crippen LogP contribution in [0, 0.1) is 11.6 Å². The number of likely N-dealkylation sites (N-methyl/N-ethyl adjacent to an activating group) is 2. The summed E-state index contributed by atoms with van der Waals surface area (Å²) < 4.78 is 113. The standard InChI is InChI=1S/C26H19F8N3O/c1-36-21(16-9-13-18(28)14-10-16)35-24(25(29,30)31,26(32,33)34)23(36)37(2)22(38)20-6-4-3-5-19(20)15-7-11-17(27)12-8-15/h3-14,23H,1-2H3. The van der Waals surface area contributed by atoms with Gasteiger partial charge in [-0.2, -0.15) is 26.3 Å². The number of nitrogens with zero attached hydrogens (tertiary/aromatic N) is 3. The second-order valence-electron chi connectivity index (χ2n) is 8.66. The average Bonchev–Trinajstić information content (AvgIpc) is 3.18. The molecule has 12 heteroatoms. The van der Waals surface area contributed by atoms with Gasteiger partial charge in [-0.25, -0.2) is 13.8 Å². The van der Waals surface area contributed by atoms with Crippen molar-refractivity contribution in [2.24, 2.45) is 4.99 Å². The number of halogens is 8. The number of carbonyl (C=O) groups is 1. The predicted molar refractivity (Wildman–Crippen MR) is 123 cm³/mol. The van der Waals surface area contributed by atoms with Crippen molar-refractivity contribution < 1.29 is 39.9 Å². The van der Waals surface area contributed by atoms with E-state index in [2.05, 4.69) is 4.99 Å². The minimum atomic E-state index is -5.98. The highest BCUT2D eigenvalue weighted by Gasteiger charge is 2.79. The van der Waals surface area contributed by atoms with Crippen molar-refractivity contribution in [2.45, 2.75) is 24.1 Å². The van der Waals surface area contributed by atoms with Crippen molar-refractivity contribution in [3.05, 3.63) is 95.6 Å². The maximum Gasteiger partial charge on any atom is 0.426 e. The lowest BCUT2D eigenvalue weighted by Crippen LogP contribution is -2.69. The Balaban J connectivity index is 1.86. The second-order valence-corrected chi connectivity index (χ2v) is 8.66. The molecule has 0 spiro atoms. The van der Waals surface area contributed by atoms with Crippen LogP contribution in [0.25, 0.3) is 11.1 Å². The molecule has 1 amide bonds. The van der Waals surface area contributed by atoms with Gasteiger partial charge in [-0.05, 0) is 53.6 Å². The Morgan fingerprint density at radius 3 is 1.79 bits per heavy atom. The van der Waals surface area contributed by atoms with Gasteiger partial charge in [-0.1, -0.05) is 30.3 Å². The van der Waals surface area contributed by atoms with E-state index in [1.807, 2.05) is 0 Å². The molecule has 4 rings (SSSR count). The second kappa shape index (κ2) is 9.41. The number of carbonyl (C=O) groups excluding carboxylic acids is 1. The summed E-state index contributed by atoms with van der Waals surface area (Å²) in [6.07, 6.45) is -14.6. The summed E-state index contributed by atoms with van der Waals surface area (Å²) in [5, 5.41) is 0. The number of aliphatic imine (C=N–C) groups is 1. The first kappa shape index (κ1) is 27.1. The molecule has 3 aromatic carbocycles. The molecule has 0 aliphatic carbocycles. The highest BCUT2D eigenvalue weighted by atomic mass is 19.4. The lowest BCUT2D eigenvalue weighted by Gasteiger charge is -2.42. The number of rotatable bonds is 4. The van der Waals surface area contributed by atoms with Crippen molar-refractivity contribution in [1.82, 2.24) is 9.80 Å². The Kier molecular flexibility index (Phi) is 6.71. The largest absolute Gasteiger partial charge is 0.426 e. The van der Waals surface area contributed by atoms with Gasteiger partial charge in [-0.3, -0.25) is 4.79 Å². The summed E-state index contributed by atoms with van der Waals surface area (Å²) in [5.74, 6) is -3.21. The van der Waals surface area contributed by atoms with Crippen LogP contribution in [0.5, 0.6) is 0 Å². The Morgan fingerprint density at radius 1 is 0.816 bits per heavy atom. The van der Waals surface area contributed by atoms with Gasteiger partial charge in [-0.15, -0.1) is 0 Å². The molecule has 1 aliphatic rings. The van der Waals surface area contributed by atoms with Gasteiger partial charge < -0.3 is 9.80 Å². The highest BCUT2D eigenvalue weighted by Crippen LogP contribution is 2.53. The van der Waals surface area contributed by atoms with Crippen molar-refractivity contribution in [3.63, 3.8) is 0 Å². The fourth-order valence-electron chi connectivity index (χ4n) is 4.54. The van der Waals surface area contributed by atoms with Crippen molar-refractivity contribution in [1.29, 1.82) is 0 Å². The molecule has 1 heterocycles. The molecule has 1 atom stereocenters. The summed E-state index contributed by atoms with van der Waals surface area (Å²) in [6.45, 7) is 0. The number of amides is 1. The molecule has 1 unspecified atom stereocenters. The third-order valence-electron chi connectivity index (χ3n) is 6.32. The molecule has 3 aromatic rings. The van der Waals surface area contributed by atoms with Crippen molar-refractivity contribution in [3.8, 4) is 11.1 Å². The Bertz CT molecular complexity index is 1350. The summed E-state index contributed by atoms with van der Waals surface area (Å²) in [6, 6.07) is 14.2. The first-order valence-corrected chi connectivity index (χ1v) is 11.0. The summed E-state index contributed by atoms with van der Waals surface area (Å²) >= 11 is 0. The SMILES string of the molecule is CN(C(=O)c1ccccc1-c1ccc(F)cc1)C1N(C)C(c2ccc(F)cc2)=NC1(C(F)(F)F)C(F)(F)F. The zero-order chi connectivity index (χ0) is 28.0. The van der Waals surface area contributed by atoms with Crippen LogP contribution in [0.3, 0.4) is 0 Å². The highest BCUT2D eigenvalue weighted by molar-refractivity contribution is 6.03. The summed E-state index contributed by atoms with van der Waals surface area (Å²) in [7, 11) is 1.77. The van der Waals surface area contributed by atoms with Crippen LogP contribution in [0.1, 0.15) is 15.9 Å². The van der Waals surface area contributed by atoms with Gasteiger partial charge in [0.1, 0.15) is 23.6 Å². The number of hydrogen-bond donors (Lipinski definition) is 0. The number of hydrogen-bond acceptors (Lipinski definition) is 3. The van der Waals surface area contributed by atoms with E-state index in [0.717, 1.165) is 50.5 Å². The van der Waals surface area contributed by atoms with E-state index in [-0.39, 0.29) is 16.7 Å². The molecular formula is C26H19F8N3O. The molecule has 38 heavy (non-hydrogen) atoms. The predicted octanol–water partition coefficient (Wildman–Crippen LogP) is 6.29. The maximum absolute atomic E-state index is 14.4. The fraction of sp³-hybridized carbons (Fsp3) is 0.231. The average molecular weight is 541 g/mol. The summed E-state index contributed by atoms with van der Waals surface area (Å²) in [4.78, 5) is 17.6. The van der Waals surface area contributed by atoms with Crippen LogP contribution in [-0.2, 0) is 0 Å². The molecule has 0 radical (unpaired) electrons. The topological polar surface area (TPSA) is 35.9 Å². The molecular weight excluding hydrogens is 522 g/mol. The van der Waals surface area contributed by atoms with Crippen LogP contribution in [-0.4, -0.2) is 59.7 Å². The number of benzene rings is 3. The molecule has 0 N–H and O–H groups in total. The Hall–Kier alpha value is -3.96. The minimum absolute atomic E-state index is 0.175. The molecule has 1 aliphatic heterocycles. The lowest BCUT2D eigenvalue weighted by atomic mass is 9.92. The molecule has 0 aromatic heterocycles. The maximum atomic E-state index is 14.4. The van der Waals surface area contributed by atoms with E-state index in [9.17, 15) is 39.9 Å². The van der Waals surface area contributed by atoms with Crippen LogP contribution >= 0.6 is 0 Å². The van der Waals surface area contributed by atoms with Gasteiger partial charge in [0.05, 0.1) is 0 Å². The zero-order valence-electron chi connectivity index (χ0n) is 19.8. The Morgan fingerprint density at radius 2 is 1.29 bits per heavy atom. The molecule has 0 saturated carbocycles. The van der Waals surface area contributed by atoms with E-state index in [4.69, 9.17) is 0 Å². The number of amidine groups is 1. The Labute approximate surface area is 211 Å². The first-order chi connectivity index (χ1) is 17.7. The van der Waals surface area contributed by atoms with Gasteiger partial charge in [0.2, 0.25) is 0 Å². The molecule has 0 saturated heterocycles. The van der Waals surface area contributed by atoms with Gasteiger partial charge in [0.15, 0.2) is 0 Å². The monoisotopic (exact) mass is 541 g/mol. The molecule has 4 nitrogen and oxygen atoms in total. The molecule has 200 valence electrons. The van der Waals surface area contributed by atoms with E-state index in [0.29, 0.717) is 15.4 Å². The fourth-order valence-corrected chi connectivity index (χ4v) is 4.54. The van der Waals surface area contributed by atoms with Crippen LogP contribution < -0.4 is 0 Å². The number of alkyl halides is 6. The smallest absolute Gasteiger partial charge is 0.336 e. The van der Waals surface area contributed by atoms with Crippen LogP contribution in [0.2, 0.25) is 0 Å². The van der Waals surface area contributed by atoms with Crippen molar-refractivity contribution in [2.75, 3.05) is 14.1 Å². The quantitative estimate of drug-likeness (QED) is 0.365. The van der Waals surface area contributed by atoms with E-state index < -0.39 is 47.4 Å². The van der Waals surface area contributed by atoms with Gasteiger partial charge >= 0.3 is 12.4 Å². The van der Waals surface area contributed by atoms with Gasteiger partial charge in [0, 0.05) is 25.2 Å². The lowest BCUT2D eigenvalue weighted by molar-refractivity contribution is -0.311. The van der Waals surface area contributed by atoms with Crippen molar-refractivity contribution >= 4 is 11.7 Å². The molecule has 0 bridgehead atoms. The van der Waals surface area contributed by atoms with E-state index in [1.165, 1.54) is 36.4 Å². The third kappa shape index (κ3) is 4.37.